The average Bonchev–Trinajstić information content (AvgIpc) is 1.87. The summed E-state index contributed by atoms with van der Waals surface area (Å²) in [7, 11) is 1.45. The standard InChI is InChI=1S/C4H8ClN3O2/c1-3(8(9)10)7-4(5)6-2/h3H,1-2H3,(H,6,7). The third-order valence-electron chi connectivity index (χ3n) is 0.841. The minimum atomic E-state index is -0.892. The first-order chi connectivity index (χ1) is 4.57. The SMILES string of the molecule is CN=C(Cl)NC(C)[N+](=O)[O-]. The highest BCUT2D eigenvalue weighted by molar-refractivity contribution is 6.64. The zero-order valence-electron chi connectivity index (χ0n) is 5.67. The van der Waals surface area contributed by atoms with Crippen molar-refractivity contribution in [3.8, 4) is 0 Å². The largest absolute Gasteiger partial charge is 0.299 e. The number of hydrogen-bond donors (Lipinski definition) is 1. The van der Waals surface area contributed by atoms with Crippen LogP contribution in [0.2, 0.25) is 0 Å². The lowest BCUT2D eigenvalue weighted by molar-refractivity contribution is -0.521. The van der Waals surface area contributed by atoms with Gasteiger partial charge in [0.2, 0.25) is 0 Å². The molecule has 1 N–H and O–H groups in total. The molecule has 0 aliphatic rings. The maximum absolute atomic E-state index is 9.98. The molecule has 0 radical (unpaired) electrons. The van der Waals surface area contributed by atoms with Crippen molar-refractivity contribution < 1.29 is 4.92 Å². The number of amidine groups is 1. The van der Waals surface area contributed by atoms with Crippen molar-refractivity contribution in [1.82, 2.24) is 5.32 Å². The molecule has 0 amide bonds. The van der Waals surface area contributed by atoms with Crippen LogP contribution >= 0.6 is 11.6 Å². The number of halogens is 1. The van der Waals surface area contributed by atoms with E-state index in [1.165, 1.54) is 14.0 Å². The first-order valence-electron chi connectivity index (χ1n) is 2.60. The van der Waals surface area contributed by atoms with E-state index >= 15 is 0 Å². The molecule has 0 aliphatic heterocycles. The molecule has 0 heterocycles. The van der Waals surface area contributed by atoms with Crippen LogP contribution in [-0.2, 0) is 0 Å². The van der Waals surface area contributed by atoms with E-state index in [2.05, 4.69) is 10.3 Å². The summed E-state index contributed by atoms with van der Waals surface area (Å²) in [6.45, 7) is 1.38. The van der Waals surface area contributed by atoms with Crippen LogP contribution in [0.5, 0.6) is 0 Å². The summed E-state index contributed by atoms with van der Waals surface area (Å²) in [6, 6.07) is 0. The van der Waals surface area contributed by atoms with E-state index in [-0.39, 0.29) is 5.29 Å². The molecule has 6 heteroatoms. The van der Waals surface area contributed by atoms with Crippen molar-refractivity contribution in [2.45, 2.75) is 13.1 Å². The Hall–Kier alpha value is -0.840. The van der Waals surface area contributed by atoms with E-state index < -0.39 is 11.1 Å². The van der Waals surface area contributed by atoms with Gasteiger partial charge in [-0.2, -0.15) is 0 Å². The maximum Gasteiger partial charge on any atom is 0.283 e. The Balaban J connectivity index is 3.80. The van der Waals surface area contributed by atoms with Gasteiger partial charge in [-0.1, -0.05) is 0 Å². The van der Waals surface area contributed by atoms with E-state index in [0.29, 0.717) is 0 Å². The minimum Gasteiger partial charge on any atom is -0.299 e. The smallest absolute Gasteiger partial charge is 0.283 e. The quantitative estimate of drug-likeness (QED) is 0.161. The first-order valence-corrected chi connectivity index (χ1v) is 2.98. The molecule has 0 aromatic heterocycles. The van der Waals surface area contributed by atoms with Gasteiger partial charge in [0, 0.05) is 18.9 Å². The van der Waals surface area contributed by atoms with Crippen LogP contribution in [0.4, 0.5) is 0 Å². The van der Waals surface area contributed by atoms with Gasteiger partial charge in [0.25, 0.3) is 6.17 Å². The molecule has 0 saturated heterocycles. The summed E-state index contributed by atoms with van der Waals surface area (Å²) in [5.41, 5.74) is 0. The third kappa shape index (κ3) is 3.24. The van der Waals surface area contributed by atoms with E-state index in [4.69, 9.17) is 11.6 Å². The molecule has 5 nitrogen and oxygen atoms in total. The van der Waals surface area contributed by atoms with E-state index in [0.717, 1.165) is 0 Å². The van der Waals surface area contributed by atoms with Crippen molar-refractivity contribution in [2.24, 2.45) is 4.99 Å². The van der Waals surface area contributed by atoms with Gasteiger partial charge in [-0.3, -0.25) is 20.4 Å². The van der Waals surface area contributed by atoms with Crippen LogP contribution < -0.4 is 5.32 Å². The van der Waals surface area contributed by atoms with Crippen molar-refractivity contribution in [3.05, 3.63) is 10.1 Å². The summed E-state index contributed by atoms with van der Waals surface area (Å²) < 4.78 is 0. The highest BCUT2D eigenvalue weighted by atomic mass is 35.5. The molecule has 0 rings (SSSR count). The van der Waals surface area contributed by atoms with Gasteiger partial charge in [0.15, 0.2) is 5.29 Å². The molecule has 0 aliphatic carbocycles. The fourth-order valence-corrected chi connectivity index (χ4v) is 0.448. The number of nitrogens with zero attached hydrogens (tertiary/aromatic N) is 2. The van der Waals surface area contributed by atoms with E-state index in [1.807, 2.05) is 0 Å². The van der Waals surface area contributed by atoms with Gasteiger partial charge < -0.3 is 0 Å². The van der Waals surface area contributed by atoms with Gasteiger partial charge in [0.1, 0.15) is 0 Å². The Bertz CT molecular complexity index is 159. The minimum absolute atomic E-state index is 0.0456. The Labute approximate surface area is 63.2 Å². The van der Waals surface area contributed by atoms with Gasteiger partial charge in [0.05, 0.1) is 0 Å². The lowest BCUT2D eigenvalue weighted by Gasteiger charge is -2.03. The lowest BCUT2D eigenvalue weighted by Crippen LogP contribution is -2.35. The van der Waals surface area contributed by atoms with Crippen molar-refractivity contribution in [2.75, 3.05) is 7.05 Å². The zero-order valence-corrected chi connectivity index (χ0v) is 6.42. The monoisotopic (exact) mass is 165 g/mol. The van der Waals surface area contributed by atoms with Crippen LogP contribution in [0.1, 0.15) is 6.92 Å². The molecule has 0 aromatic rings. The summed E-state index contributed by atoms with van der Waals surface area (Å²) in [4.78, 5) is 13.0. The molecular weight excluding hydrogens is 158 g/mol. The summed E-state index contributed by atoms with van der Waals surface area (Å²) in [6.07, 6.45) is -0.892. The van der Waals surface area contributed by atoms with Crippen LogP contribution in [0.15, 0.2) is 4.99 Å². The van der Waals surface area contributed by atoms with Crippen LogP contribution in [-0.4, -0.2) is 23.4 Å². The maximum atomic E-state index is 9.98. The third-order valence-corrected chi connectivity index (χ3v) is 1.12. The van der Waals surface area contributed by atoms with Gasteiger partial charge in [-0.15, -0.1) is 0 Å². The second-order valence-electron chi connectivity index (χ2n) is 1.62. The number of nitrogens with one attached hydrogen (secondary N) is 1. The van der Waals surface area contributed by atoms with Crippen LogP contribution in [0.25, 0.3) is 0 Å². The predicted molar refractivity (Wildman–Crippen MR) is 38.8 cm³/mol. The molecule has 1 unspecified atom stereocenters. The van der Waals surface area contributed by atoms with E-state index in [1.54, 1.807) is 0 Å². The van der Waals surface area contributed by atoms with Crippen molar-refractivity contribution in [3.63, 3.8) is 0 Å². The summed E-state index contributed by atoms with van der Waals surface area (Å²) >= 11 is 5.34. The molecule has 10 heavy (non-hydrogen) atoms. The Kier molecular flexibility index (Phi) is 3.71. The summed E-state index contributed by atoms with van der Waals surface area (Å²) in [5.74, 6) is 0. The van der Waals surface area contributed by atoms with Gasteiger partial charge in [-0.05, 0) is 11.6 Å². The molecule has 0 aromatic carbocycles. The number of nitro groups is 1. The fourth-order valence-electron chi connectivity index (χ4n) is 0.290. The molecule has 0 fully saturated rings. The number of aliphatic imine (C=N–C) groups is 1. The summed E-state index contributed by atoms with van der Waals surface area (Å²) in [5, 5.41) is 12.4. The van der Waals surface area contributed by atoms with Crippen LogP contribution in [0, 0.1) is 10.1 Å². The first kappa shape index (κ1) is 9.16. The normalized spacial score (nSPS) is 14.5. The Morgan fingerprint density at radius 1 is 1.90 bits per heavy atom. The highest BCUT2D eigenvalue weighted by Crippen LogP contribution is 1.85. The fraction of sp³-hybridized carbons (Fsp3) is 0.750. The molecular formula is C4H8ClN3O2. The van der Waals surface area contributed by atoms with Gasteiger partial charge in [-0.25, -0.2) is 0 Å². The van der Waals surface area contributed by atoms with E-state index in [9.17, 15) is 10.1 Å². The molecule has 0 spiro atoms. The van der Waals surface area contributed by atoms with Gasteiger partial charge >= 0.3 is 0 Å². The van der Waals surface area contributed by atoms with Crippen molar-refractivity contribution >= 4 is 16.9 Å². The lowest BCUT2D eigenvalue weighted by atomic mass is 10.6. The number of rotatable bonds is 2. The predicted octanol–water partition coefficient (Wildman–Crippen LogP) is 0.423. The Morgan fingerprint density at radius 3 is 2.70 bits per heavy atom. The molecule has 1 atom stereocenters. The van der Waals surface area contributed by atoms with Crippen molar-refractivity contribution in [1.29, 1.82) is 0 Å². The zero-order chi connectivity index (χ0) is 8.15. The highest BCUT2D eigenvalue weighted by Gasteiger charge is 2.11. The Morgan fingerprint density at radius 2 is 2.40 bits per heavy atom. The molecule has 0 bridgehead atoms. The topological polar surface area (TPSA) is 67.5 Å². The molecule has 0 saturated carbocycles. The number of hydrogen-bond acceptors (Lipinski definition) is 3. The average molecular weight is 166 g/mol. The molecule has 58 valence electrons. The second kappa shape index (κ2) is 4.05. The van der Waals surface area contributed by atoms with Crippen LogP contribution in [0.3, 0.4) is 0 Å². The second-order valence-corrected chi connectivity index (χ2v) is 1.98.